The van der Waals surface area contributed by atoms with Crippen molar-refractivity contribution in [2.75, 3.05) is 18.0 Å². The molecule has 118 valence electrons. The number of fused-ring (bicyclic) bond motifs is 1. The van der Waals surface area contributed by atoms with Gasteiger partial charge in [0.15, 0.2) is 0 Å². The van der Waals surface area contributed by atoms with Crippen molar-refractivity contribution < 1.29 is 9.18 Å². The maximum atomic E-state index is 13.0. The van der Waals surface area contributed by atoms with Crippen molar-refractivity contribution in [3.8, 4) is 0 Å². The van der Waals surface area contributed by atoms with Crippen LogP contribution >= 0.6 is 0 Å². The molecular formula is C17H17FN4O. The number of hydrogen-bond donors (Lipinski definition) is 0. The van der Waals surface area contributed by atoms with E-state index in [1.54, 1.807) is 23.2 Å². The third-order valence-electron chi connectivity index (χ3n) is 4.39. The van der Waals surface area contributed by atoms with Crippen LogP contribution in [0.15, 0.2) is 30.5 Å². The molecule has 0 spiro atoms. The zero-order valence-electron chi connectivity index (χ0n) is 12.7. The van der Waals surface area contributed by atoms with Gasteiger partial charge in [-0.25, -0.2) is 14.4 Å². The fraction of sp³-hybridized carbons (Fsp3) is 0.353. The molecule has 6 heteroatoms. The summed E-state index contributed by atoms with van der Waals surface area (Å²) in [6.45, 7) is 2.89. The normalized spacial score (nSPS) is 17.0. The van der Waals surface area contributed by atoms with Gasteiger partial charge >= 0.3 is 0 Å². The van der Waals surface area contributed by atoms with Gasteiger partial charge in [0.2, 0.25) is 5.95 Å². The van der Waals surface area contributed by atoms with Crippen molar-refractivity contribution in [1.82, 2.24) is 14.9 Å². The van der Waals surface area contributed by atoms with Crippen LogP contribution in [0.4, 0.5) is 10.3 Å². The molecule has 0 aliphatic carbocycles. The Morgan fingerprint density at radius 3 is 2.61 bits per heavy atom. The molecule has 1 aromatic carbocycles. The molecule has 2 aromatic rings. The summed E-state index contributed by atoms with van der Waals surface area (Å²) in [5.74, 6) is 0.390. The molecule has 0 radical (unpaired) electrons. The lowest BCUT2D eigenvalue weighted by molar-refractivity contribution is 0.0766. The zero-order chi connectivity index (χ0) is 15.8. The first kappa shape index (κ1) is 14.1. The third-order valence-corrected chi connectivity index (χ3v) is 4.39. The van der Waals surface area contributed by atoms with Crippen LogP contribution in [-0.2, 0) is 13.1 Å². The van der Waals surface area contributed by atoms with Crippen molar-refractivity contribution in [3.63, 3.8) is 0 Å². The summed E-state index contributed by atoms with van der Waals surface area (Å²) in [5, 5.41) is 0. The van der Waals surface area contributed by atoms with Gasteiger partial charge in [0.1, 0.15) is 5.82 Å². The fourth-order valence-corrected chi connectivity index (χ4v) is 3.14. The molecule has 1 saturated heterocycles. The summed E-state index contributed by atoms with van der Waals surface area (Å²) in [7, 11) is 0. The first-order valence-corrected chi connectivity index (χ1v) is 7.85. The minimum Gasteiger partial charge on any atom is -0.341 e. The summed E-state index contributed by atoms with van der Waals surface area (Å²) < 4.78 is 13.0. The van der Waals surface area contributed by atoms with Crippen LogP contribution < -0.4 is 4.90 Å². The van der Waals surface area contributed by atoms with Crippen LogP contribution in [0.1, 0.15) is 34.5 Å². The molecule has 0 bridgehead atoms. The Morgan fingerprint density at radius 2 is 1.87 bits per heavy atom. The van der Waals surface area contributed by atoms with Crippen LogP contribution in [0.2, 0.25) is 0 Å². The van der Waals surface area contributed by atoms with Crippen molar-refractivity contribution in [3.05, 3.63) is 53.1 Å². The van der Waals surface area contributed by atoms with Crippen LogP contribution in [0, 0.1) is 5.82 Å². The lowest BCUT2D eigenvalue weighted by Gasteiger charge is -2.15. The molecule has 2 aliphatic heterocycles. The van der Waals surface area contributed by atoms with Gasteiger partial charge < -0.3 is 9.80 Å². The SMILES string of the molecule is O=C1c2cnc(N3CCCC3)nc2CN1Cc1ccc(F)cc1. The Bertz CT molecular complexity index is 741. The molecule has 23 heavy (non-hydrogen) atoms. The number of benzene rings is 1. The molecule has 0 atom stereocenters. The molecular weight excluding hydrogens is 295 g/mol. The van der Waals surface area contributed by atoms with E-state index in [-0.39, 0.29) is 11.7 Å². The minimum absolute atomic E-state index is 0.0581. The summed E-state index contributed by atoms with van der Waals surface area (Å²) >= 11 is 0. The molecule has 0 N–H and O–H groups in total. The predicted molar refractivity (Wildman–Crippen MR) is 83.5 cm³/mol. The topological polar surface area (TPSA) is 49.3 Å². The Kier molecular flexibility index (Phi) is 3.44. The molecule has 0 saturated carbocycles. The second-order valence-electron chi connectivity index (χ2n) is 6.01. The number of anilines is 1. The fourth-order valence-electron chi connectivity index (χ4n) is 3.14. The van der Waals surface area contributed by atoms with E-state index in [2.05, 4.69) is 14.9 Å². The van der Waals surface area contributed by atoms with Gasteiger partial charge in [-0.15, -0.1) is 0 Å². The summed E-state index contributed by atoms with van der Waals surface area (Å²) in [6.07, 6.45) is 3.97. The van der Waals surface area contributed by atoms with Crippen LogP contribution in [0.5, 0.6) is 0 Å². The number of hydrogen-bond acceptors (Lipinski definition) is 4. The molecule has 1 fully saturated rings. The highest BCUT2D eigenvalue weighted by atomic mass is 19.1. The van der Waals surface area contributed by atoms with Gasteiger partial charge in [-0.05, 0) is 30.5 Å². The van der Waals surface area contributed by atoms with E-state index in [0.717, 1.165) is 43.1 Å². The second kappa shape index (κ2) is 5.61. The average Bonchev–Trinajstić information content (AvgIpc) is 3.19. The highest BCUT2D eigenvalue weighted by Gasteiger charge is 2.30. The summed E-state index contributed by atoms with van der Waals surface area (Å²) in [4.78, 5) is 25.3. The number of halogens is 1. The van der Waals surface area contributed by atoms with E-state index in [1.165, 1.54) is 12.1 Å². The van der Waals surface area contributed by atoms with Gasteiger partial charge in [0.05, 0.1) is 17.8 Å². The largest absolute Gasteiger partial charge is 0.341 e. The van der Waals surface area contributed by atoms with Gasteiger partial charge in [-0.1, -0.05) is 12.1 Å². The van der Waals surface area contributed by atoms with E-state index < -0.39 is 0 Å². The minimum atomic E-state index is -0.272. The summed E-state index contributed by atoms with van der Waals surface area (Å²) in [5.41, 5.74) is 2.27. The maximum Gasteiger partial charge on any atom is 0.258 e. The number of aromatic nitrogens is 2. The number of nitrogens with zero attached hydrogens (tertiary/aromatic N) is 4. The standard InChI is InChI=1S/C17H17FN4O/c18-13-5-3-12(4-6-13)10-22-11-15-14(16(22)23)9-19-17(20-15)21-7-1-2-8-21/h3-6,9H,1-2,7-8,10-11H2. The smallest absolute Gasteiger partial charge is 0.258 e. The second-order valence-corrected chi connectivity index (χ2v) is 6.01. The van der Waals surface area contributed by atoms with E-state index >= 15 is 0 Å². The van der Waals surface area contributed by atoms with Crippen molar-refractivity contribution in [2.24, 2.45) is 0 Å². The number of carbonyl (C=O) groups excluding carboxylic acids is 1. The molecule has 1 aromatic heterocycles. The van der Waals surface area contributed by atoms with Crippen LogP contribution in [-0.4, -0.2) is 33.9 Å². The predicted octanol–water partition coefficient (Wildman–Crippen LogP) is 2.37. The summed E-state index contributed by atoms with van der Waals surface area (Å²) in [6, 6.07) is 6.22. The van der Waals surface area contributed by atoms with Crippen molar-refractivity contribution in [1.29, 1.82) is 0 Å². The third kappa shape index (κ3) is 2.65. The molecule has 5 nitrogen and oxygen atoms in total. The lowest BCUT2D eigenvalue weighted by atomic mass is 10.2. The first-order chi connectivity index (χ1) is 11.2. The van der Waals surface area contributed by atoms with Crippen LogP contribution in [0.25, 0.3) is 0 Å². The molecule has 3 heterocycles. The molecule has 1 amide bonds. The Hall–Kier alpha value is -2.50. The Morgan fingerprint density at radius 1 is 1.13 bits per heavy atom. The van der Waals surface area contributed by atoms with E-state index in [9.17, 15) is 9.18 Å². The van der Waals surface area contributed by atoms with Gasteiger partial charge in [0, 0.05) is 25.8 Å². The lowest BCUT2D eigenvalue weighted by Crippen LogP contribution is -2.23. The number of rotatable bonds is 3. The zero-order valence-corrected chi connectivity index (χ0v) is 12.7. The average molecular weight is 312 g/mol. The van der Waals surface area contributed by atoms with Crippen LogP contribution in [0.3, 0.4) is 0 Å². The van der Waals surface area contributed by atoms with Gasteiger partial charge in [-0.3, -0.25) is 4.79 Å². The highest BCUT2D eigenvalue weighted by Crippen LogP contribution is 2.25. The molecule has 2 aliphatic rings. The van der Waals surface area contributed by atoms with Gasteiger partial charge in [0.25, 0.3) is 5.91 Å². The Labute approximate surface area is 133 Å². The van der Waals surface area contributed by atoms with E-state index in [1.807, 2.05) is 0 Å². The molecule has 4 rings (SSSR count). The van der Waals surface area contributed by atoms with E-state index in [0.29, 0.717) is 18.7 Å². The maximum absolute atomic E-state index is 13.0. The highest BCUT2D eigenvalue weighted by molar-refractivity contribution is 5.97. The van der Waals surface area contributed by atoms with Crippen molar-refractivity contribution in [2.45, 2.75) is 25.9 Å². The first-order valence-electron chi connectivity index (χ1n) is 7.85. The monoisotopic (exact) mass is 312 g/mol. The number of carbonyl (C=O) groups is 1. The van der Waals surface area contributed by atoms with Crippen molar-refractivity contribution >= 4 is 11.9 Å². The molecule has 0 unspecified atom stereocenters. The van der Waals surface area contributed by atoms with Gasteiger partial charge in [-0.2, -0.15) is 0 Å². The van der Waals surface area contributed by atoms with E-state index in [4.69, 9.17) is 0 Å². The number of amides is 1. The quantitative estimate of drug-likeness (QED) is 0.873. The Balaban J connectivity index is 1.53.